The maximum Gasteiger partial charge on any atom is 0.198 e. The van der Waals surface area contributed by atoms with Gasteiger partial charge >= 0.3 is 0 Å². The largest absolute Gasteiger partial charge is 0.360 e. The van der Waals surface area contributed by atoms with Crippen molar-refractivity contribution in [1.29, 1.82) is 0 Å². The molecule has 2 aliphatic carbocycles. The van der Waals surface area contributed by atoms with Gasteiger partial charge in [0.1, 0.15) is 0 Å². The first-order valence-electron chi connectivity index (χ1n) is 12.0. The van der Waals surface area contributed by atoms with Crippen LogP contribution in [0.3, 0.4) is 0 Å². The third kappa shape index (κ3) is 12.9. The van der Waals surface area contributed by atoms with Gasteiger partial charge in [0.25, 0.3) is 0 Å². The molecule has 2 rings (SSSR count). The first-order chi connectivity index (χ1) is 13.4. The van der Waals surface area contributed by atoms with Crippen LogP contribution in [-0.4, -0.2) is 53.1 Å². The molecule has 0 heterocycles. The monoisotopic (exact) mass is 374 g/mol. The maximum atomic E-state index is 3.73. The summed E-state index contributed by atoms with van der Waals surface area (Å²) in [7, 11) is 4.35. The van der Waals surface area contributed by atoms with Crippen molar-refractivity contribution in [3.05, 3.63) is 0 Å². The smallest absolute Gasteiger partial charge is 0.198 e. The molecule has 0 saturated heterocycles. The summed E-state index contributed by atoms with van der Waals surface area (Å²) in [4.78, 5) is 0. The van der Waals surface area contributed by atoms with Crippen molar-refractivity contribution in [2.45, 2.75) is 108 Å². The molecule has 2 aliphatic rings. The third-order valence-electron chi connectivity index (χ3n) is 6.14. The van der Waals surface area contributed by atoms with Gasteiger partial charge in [-0.2, -0.15) is 0 Å². The first-order valence-corrected chi connectivity index (χ1v) is 12.0. The number of rotatable bonds is 12. The van der Waals surface area contributed by atoms with Crippen LogP contribution in [0.25, 0.3) is 0 Å². The molecule has 154 valence electrons. The summed E-state index contributed by atoms with van der Waals surface area (Å²) in [5.74, 6) is 0. The molecule has 0 aromatic rings. The third-order valence-corrected chi connectivity index (χ3v) is 6.14. The summed E-state index contributed by atoms with van der Waals surface area (Å²) in [6.45, 7) is 4.24. The zero-order valence-corrected chi connectivity index (χ0v) is 17.7. The molecule has 6 heteroatoms. The van der Waals surface area contributed by atoms with E-state index < -0.39 is 0 Å². The van der Waals surface area contributed by atoms with E-state index in [1.165, 1.54) is 89.9 Å². The molecular weight excluding hydrogens is 330 g/mol. The van der Waals surface area contributed by atoms with E-state index in [1.54, 1.807) is 0 Å². The van der Waals surface area contributed by atoms with E-state index in [0.29, 0.717) is 0 Å². The predicted octanol–water partition coefficient (Wildman–Crippen LogP) is 3.18. The van der Waals surface area contributed by atoms with Crippen LogP contribution in [0.2, 0.25) is 6.22 Å². The number of hydrogen-bond acceptors (Lipinski definition) is 4. The van der Waals surface area contributed by atoms with Crippen LogP contribution in [0.15, 0.2) is 0 Å². The summed E-state index contributed by atoms with van der Waals surface area (Å²) >= 11 is 0. The van der Waals surface area contributed by atoms with Crippen LogP contribution in [0.5, 0.6) is 0 Å². The van der Waals surface area contributed by atoms with E-state index in [1.807, 2.05) is 0 Å². The molecule has 2 saturated carbocycles. The van der Waals surface area contributed by atoms with Gasteiger partial charge in [-0.05, 0) is 38.8 Å². The van der Waals surface area contributed by atoms with E-state index in [2.05, 4.69) is 35.9 Å². The van der Waals surface area contributed by atoms with Crippen molar-refractivity contribution in [3.63, 3.8) is 0 Å². The van der Waals surface area contributed by atoms with E-state index in [-0.39, 0.29) is 0 Å². The van der Waals surface area contributed by atoms with Crippen LogP contribution in [0, 0.1) is 0 Å². The predicted molar refractivity (Wildman–Crippen MR) is 121 cm³/mol. The summed E-state index contributed by atoms with van der Waals surface area (Å²) in [6.07, 6.45) is 20.7. The second-order valence-corrected chi connectivity index (χ2v) is 8.54. The molecule has 0 atom stereocenters. The molecule has 4 nitrogen and oxygen atoms in total. The van der Waals surface area contributed by atoms with Crippen LogP contribution in [0.1, 0.15) is 89.9 Å². The first kappa shape index (κ1) is 23.3. The van der Waals surface area contributed by atoms with Crippen LogP contribution >= 0.6 is 0 Å². The van der Waals surface area contributed by atoms with Crippen molar-refractivity contribution in [2.75, 3.05) is 26.2 Å². The Morgan fingerprint density at radius 2 is 0.852 bits per heavy atom. The molecule has 2 radical (unpaired) electrons. The zero-order valence-electron chi connectivity index (χ0n) is 17.7. The molecule has 4 N–H and O–H groups in total. The molecular formula is C21H44B2N4. The minimum Gasteiger partial charge on any atom is -0.360 e. The van der Waals surface area contributed by atoms with Gasteiger partial charge in [-0.15, -0.1) is 0 Å². The van der Waals surface area contributed by atoms with Gasteiger partial charge in [-0.25, -0.2) is 0 Å². The molecule has 0 aromatic carbocycles. The molecule has 0 aliphatic heterocycles. The molecule has 0 amide bonds. The fraction of sp³-hybridized carbons (Fsp3) is 1.00. The normalized spacial score (nSPS) is 21.0. The van der Waals surface area contributed by atoms with Gasteiger partial charge in [0.15, 0.2) is 14.8 Å². The second kappa shape index (κ2) is 16.9. The van der Waals surface area contributed by atoms with E-state index in [0.717, 1.165) is 44.5 Å². The van der Waals surface area contributed by atoms with Gasteiger partial charge in [0.05, 0.1) is 0 Å². The standard InChI is InChI=1S/C21H44B2N4/c1-3-7-11-20(12-8-4-1)24-15-17-26-22-19-23-27-18-16-25-21-13-9-5-2-6-10-14-21/h20-21,24-27H,1-19H2. The maximum absolute atomic E-state index is 3.73. The lowest BCUT2D eigenvalue weighted by molar-refractivity contribution is 0.392. The van der Waals surface area contributed by atoms with E-state index in [4.69, 9.17) is 0 Å². The Balaban J connectivity index is 1.31. The van der Waals surface area contributed by atoms with Gasteiger partial charge in [-0.1, -0.05) is 70.4 Å². The Morgan fingerprint density at radius 3 is 1.26 bits per heavy atom. The Labute approximate surface area is 170 Å². The van der Waals surface area contributed by atoms with Crippen molar-refractivity contribution in [3.8, 4) is 0 Å². The molecule has 0 bridgehead atoms. The average Bonchev–Trinajstić information content (AvgIpc) is 2.62. The highest BCUT2D eigenvalue weighted by atomic mass is 14.9. The highest BCUT2D eigenvalue weighted by molar-refractivity contribution is 6.52. The fourth-order valence-electron chi connectivity index (χ4n) is 4.45. The summed E-state index contributed by atoms with van der Waals surface area (Å²) < 4.78 is 0. The van der Waals surface area contributed by atoms with E-state index >= 15 is 0 Å². The summed E-state index contributed by atoms with van der Waals surface area (Å²) in [5, 5.41) is 14.3. The Morgan fingerprint density at radius 1 is 0.481 bits per heavy atom. The summed E-state index contributed by atoms with van der Waals surface area (Å²) in [6, 6.07) is 1.51. The van der Waals surface area contributed by atoms with Crippen LogP contribution < -0.4 is 21.1 Å². The van der Waals surface area contributed by atoms with E-state index in [9.17, 15) is 0 Å². The number of hydrogen-bond donors (Lipinski definition) is 4. The van der Waals surface area contributed by atoms with Crippen molar-refractivity contribution in [2.24, 2.45) is 0 Å². The highest BCUT2D eigenvalue weighted by Crippen LogP contribution is 2.17. The molecule has 0 aromatic heterocycles. The lowest BCUT2D eigenvalue weighted by Gasteiger charge is -2.21. The topological polar surface area (TPSA) is 48.1 Å². The van der Waals surface area contributed by atoms with Crippen molar-refractivity contribution in [1.82, 2.24) is 21.1 Å². The highest BCUT2D eigenvalue weighted by Gasteiger charge is 2.11. The minimum atomic E-state index is 0.755. The fourth-order valence-corrected chi connectivity index (χ4v) is 4.45. The van der Waals surface area contributed by atoms with Gasteiger partial charge in [0.2, 0.25) is 0 Å². The Kier molecular flexibility index (Phi) is 14.5. The quantitative estimate of drug-likeness (QED) is 0.313. The van der Waals surface area contributed by atoms with Crippen LogP contribution in [0.4, 0.5) is 0 Å². The second-order valence-electron chi connectivity index (χ2n) is 8.54. The lowest BCUT2D eigenvalue weighted by atomic mass is 9.69. The van der Waals surface area contributed by atoms with Crippen molar-refractivity contribution >= 4 is 14.8 Å². The van der Waals surface area contributed by atoms with Gasteiger partial charge < -0.3 is 21.1 Å². The molecule has 2 fully saturated rings. The Bertz CT molecular complexity index is 287. The summed E-state index contributed by atoms with van der Waals surface area (Å²) in [5.41, 5.74) is 0. The molecule has 27 heavy (non-hydrogen) atoms. The average molecular weight is 374 g/mol. The Hall–Kier alpha value is -0.0301. The van der Waals surface area contributed by atoms with Crippen LogP contribution in [-0.2, 0) is 0 Å². The van der Waals surface area contributed by atoms with Crippen molar-refractivity contribution < 1.29 is 0 Å². The minimum absolute atomic E-state index is 0.755. The lowest BCUT2D eigenvalue weighted by Crippen LogP contribution is -2.38. The molecule has 0 unspecified atom stereocenters. The van der Waals surface area contributed by atoms with Gasteiger partial charge in [-0.3, -0.25) is 0 Å². The molecule has 0 spiro atoms. The SMILES string of the molecule is [B](C[B]NCCNC1CCCCCCC1)NCCNC1CCCCCCC1. The zero-order chi connectivity index (χ0) is 18.8. The van der Waals surface area contributed by atoms with Gasteiger partial charge in [0, 0.05) is 25.2 Å². The number of nitrogens with one attached hydrogen (secondary N) is 4.